The number of aromatic amines is 1. The first-order valence-electron chi connectivity index (χ1n) is 7.60. The van der Waals surface area contributed by atoms with E-state index in [0.717, 1.165) is 4.68 Å². The fourth-order valence-electron chi connectivity index (χ4n) is 2.09. The van der Waals surface area contributed by atoms with Crippen LogP contribution in [0.1, 0.15) is 29.9 Å². The number of esters is 1. The van der Waals surface area contributed by atoms with Gasteiger partial charge in [0.15, 0.2) is 5.69 Å². The van der Waals surface area contributed by atoms with E-state index >= 15 is 0 Å². The zero-order valence-corrected chi connectivity index (χ0v) is 13.8. The van der Waals surface area contributed by atoms with Crippen LogP contribution in [0, 0.1) is 0 Å². The van der Waals surface area contributed by atoms with Crippen molar-refractivity contribution >= 4 is 18.1 Å². The maximum absolute atomic E-state index is 12.4. The molecule has 0 aliphatic carbocycles. The topological polar surface area (TPSA) is 106 Å². The van der Waals surface area contributed by atoms with E-state index < -0.39 is 17.6 Å². The Balaban J connectivity index is 2.51. The first-order valence-corrected chi connectivity index (χ1v) is 7.60. The van der Waals surface area contributed by atoms with Crippen LogP contribution in [0.5, 0.6) is 0 Å². The van der Waals surface area contributed by atoms with Crippen LogP contribution in [0.2, 0.25) is 0 Å². The van der Waals surface area contributed by atoms with E-state index in [1.54, 1.807) is 13.8 Å². The monoisotopic (exact) mass is 336 g/mol. The molecule has 2 rings (SSSR count). The Morgan fingerprint density at radius 3 is 2.79 bits per heavy atom. The molecule has 2 N–H and O–H groups in total. The summed E-state index contributed by atoms with van der Waals surface area (Å²) in [6, 6.07) is -0.658. The minimum absolute atomic E-state index is 0.0175. The summed E-state index contributed by atoms with van der Waals surface area (Å²) >= 11 is 0. The molecule has 1 fully saturated rings. The van der Waals surface area contributed by atoms with Crippen molar-refractivity contribution in [2.24, 2.45) is 0 Å². The van der Waals surface area contributed by atoms with Crippen LogP contribution >= 0.6 is 0 Å². The van der Waals surface area contributed by atoms with Gasteiger partial charge in [0, 0.05) is 19.7 Å². The van der Waals surface area contributed by atoms with Crippen LogP contribution in [0.4, 0.5) is 4.79 Å². The molecule has 1 saturated heterocycles. The molecule has 0 radical (unpaired) electrons. The summed E-state index contributed by atoms with van der Waals surface area (Å²) in [5, 5.41) is 4.98. The van der Waals surface area contributed by atoms with Crippen molar-refractivity contribution < 1.29 is 19.1 Å². The molecular weight excluding hydrogens is 316 g/mol. The predicted molar refractivity (Wildman–Crippen MR) is 85.6 cm³/mol. The maximum Gasteiger partial charge on any atom is 0.357 e. The summed E-state index contributed by atoms with van der Waals surface area (Å²) in [5.74, 6) is -0.272. The van der Waals surface area contributed by atoms with Gasteiger partial charge in [-0.05, 0) is 13.8 Å². The van der Waals surface area contributed by atoms with Crippen molar-refractivity contribution in [3.8, 4) is 0 Å². The van der Waals surface area contributed by atoms with E-state index in [1.807, 2.05) is 11.9 Å². The highest BCUT2D eigenvalue weighted by molar-refractivity contribution is 5.92. The van der Waals surface area contributed by atoms with Gasteiger partial charge in [-0.3, -0.25) is 9.89 Å². The number of rotatable bonds is 4. The second-order valence-electron chi connectivity index (χ2n) is 4.96. The highest BCUT2D eigenvalue weighted by atomic mass is 16.5. The Morgan fingerprint density at radius 1 is 1.46 bits per heavy atom. The minimum Gasteiger partial charge on any atom is -0.471 e. The van der Waals surface area contributed by atoms with Crippen molar-refractivity contribution in [3.63, 3.8) is 0 Å². The largest absolute Gasteiger partial charge is 0.471 e. The minimum atomic E-state index is -0.726. The van der Waals surface area contributed by atoms with Gasteiger partial charge in [-0.25, -0.2) is 9.59 Å². The van der Waals surface area contributed by atoms with Gasteiger partial charge in [-0.15, -0.1) is 0 Å². The number of carbonyl (C=O) groups is 2. The van der Waals surface area contributed by atoms with Gasteiger partial charge in [0.2, 0.25) is 5.88 Å². The van der Waals surface area contributed by atoms with Gasteiger partial charge in [-0.1, -0.05) is 5.73 Å². The molecule has 0 spiro atoms. The van der Waals surface area contributed by atoms with E-state index in [2.05, 4.69) is 16.1 Å². The van der Waals surface area contributed by atoms with Gasteiger partial charge in [0.05, 0.1) is 18.7 Å². The molecular formula is C15H20N4O5. The zero-order valence-electron chi connectivity index (χ0n) is 13.8. The molecule has 24 heavy (non-hydrogen) atoms. The van der Waals surface area contributed by atoms with Gasteiger partial charge in [-0.2, -0.15) is 4.68 Å². The third kappa shape index (κ3) is 3.52. The van der Waals surface area contributed by atoms with E-state index in [9.17, 15) is 14.4 Å². The lowest BCUT2D eigenvalue weighted by Gasteiger charge is -2.05. The second kappa shape index (κ2) is 7.56. The molecule has 1 aromatic rings. The van der Waals surface area contributed by atoms with Gasteiger partial charge < -0.3 is 19.7 Å². The molecule has 1 amide bonds. The molecule has 9 heteroatoms. The van der Waals surface area contributed by atoms with Gasteiger partial charge in [0.1, 0.15) is 6.61 Å². The lowest BCUT2D eigenvalue weighted by Crippen LogP contribution is -2.35. The molecule has 1 aliphatic rings. The summed E-state index contributed by atoms with van der Waals surface area (Å²) in [7, 11) is 1.82. The number of nitrogens with zero attached hydrogens (tertiary/aromatic N) is 2. The highest BCUT2D eigenvalue weighted by Crippen LogP contribution is 2.11. The lowest BCUT2D eigenvalue weighted by molar-refractivity contribution is 0.0518. The summed E-state index contributed by atoms with van der Waals surface area (Å²) < 4.78 is 11.0. The number of hydrogen-bond donors (Lipinski definition) is 2. The molecule has 0 bridgehead atoms. The summed E-state index contributed by atoms with van der Waals surface area (Å²) in [4.78, 5) is 38.2. The van der Waals surface area contributed by atoms with Crippen LogP contribution < -0.4 is 10.9 Å². The van der Waals surface area contributed by atoms with Crippen LogP contribution in [0.3, 0.4) is 0 Å². The first kappa shape index (κ1) is 17.4. The van der Waals surface area contributed by atoms with E-state index in [0.29, 0.717) is 25.6 Å². The normalized spacial score (nSPS) is 13.3. The summed E-state index contributed by atoms with van der Waals surface area (Å²) in [6.07, 6.45) is 1.32. The van der Waals surface area contributed by atoms with E-state index in [4.69, 9.17) is 9.47 Å². The number of carbonyl (C=O) groups excluding carboxylic acids is 2. The summed E-state index contributed by atoms with van der Waals surface area (Å²) in [5.41, 5.74) is 2.04. The second-order valence-corrected chi connectivity index (χ2v) is 4.96. The molecule has 1 aliphatic heterocycles. The number of likely N-dealkylation sites (N-methyl/N-ethyl adjacent to an activating group) is 1. The van der Waals surface area contributed by atoms with Crippen molar-refractivity contribution in [1.82, 2.24) is 20.0 Å². The molecule has 1 aromatic heterocycles. The lowest BCUT2D eigenvalue weighted by atomic mass is 10.2. The van der Waals surface area contributed by atoms with Crippen LogP contribution in [-0.4, -0.2) is 60.0 Å². The Morgan fingerprint density at radius 2 is 2.21 bits per heavy atom. The average molecular weight is 336 g/mol. The SMILES string of the molecule is CCNC(=O)n1[nH]c(C(=O)OCC)c(C=C=C2OCCN2C)c1=O. The van der Waals surface area contributed by atoms with Crippen molar-refractivity contribution in [2.75, 3.05) is 33.4 Å². The van der Waals surface area contributed by atoms with Crippen molar-refractivity contribution in [3.05, 3.63) is 33.2 Å². The molecule has 130 valence electrons. The third-order valence-electron chi connectivity index (χ3n) is 3.29. The van der Waals surface area contributed by atoms with Crippen molar-refractivity contribution in [1.29, 1.82) is 0 Å². The Hall–Kier alpha value is -2.93. The number of ether oxygens (including phenoxy) is 2. The fraction of sp³-hybridized carbons (Fsp3) is 0.467. The standard InChI is InChI=1S/C15H20N4O5/c1-4-16-15(22)19-13(20)10(12(17-19)14(21)23-5-2)6-7-11-18(3)8-9-24-11/h6,17H,4-5,8-9H2,1-3H3,(H,16,22). The van der Waals surface area contributed by atoms with E-state index in [1.165, 1.54) is 6.08 Å². The molecule has 2 heterocycles. The van der Waals surface area contributed by atoms with Gasteiger partial charge >= 0.3 is 12.0 Å². The molecule has 0 atom stereocenters. The molecule has 0 aromatic carbocycles. The number of amides is 1. The van der Waals surface area contributed by atoms with Gasteiger partial charge in [0.25, 0.3) is 5.56 Å². The Bertz CT molecular complexity index is 754. The quantitative estimate of drug-likeness (QED) is 0.607. The Kier molecular flexibility index (Phi) is 5.49. The molecule has 0 saturated carbocycles. The highest BCUT2D eigenvalue weighted by Gasteiger charge is 2.22. The number of hydrogen-bond acceptors (Lipinski definition) is 6. The van der Waals surface area contributed by atoms with Crippen LogP contribution in [0.25, 0.3) is 6.08 Å². The maximum atomic E-state index is 12.4. The molecule has 9 nitrogen and oxygen atoms in total. The zero-order chi connectivity index (χ0) is 17.7. The van der Waals surface area contributed by atoms with Crippen LogP contribution in [0.15, 0.2) is 16.4 Å². The predicted octanol–water partition coefficient (Wildman–Crippen LogP) is 0.346. The Labute approximate surface area is 138 Å². The number of nitrogens with one attached hydrogen (secondary N) is 2. The van der Waals surface area contributed by atoms with Crippen LogP contribution in [-0.2, 0) is 9.47 Å². The average Bonchev–Trinajstić information content (AvgIpc) is 3.09. The molecule has 0 unspecified atom stereocenters. The number of H-pyrrole nitrogens is 1. The number of aromatic nitrogens is 2. The smallest absolute Gasteiger partial charge is 0.357 e. The van der Waals surface area contributed by atoms with Crippen molar-refractivity contribution in [2.45, 2.75) is 13.8 Å². The first-order chi connectivity index (χ1) is 11.5. The summed E-state index contributed by atoms with van der Waals surface area (Å²) in [6.45, 7) is 5.08. The fourth-order valence-corrected chi connectivity index (χ4v) is 2.09. The third-order valence-corrected chi connectivity index (χ3v) is 3.29. The van der Waals surface area contributed by atoms with E-state index in [-0.39, 0.29) is 17.9 Å².